The van der Waals surface area contributed by atoms with E-state index in [1.165, 1.54) is 22.2 Å². The molecule has 2 aromatic heterocycles. The molecule has 0 fully saturated rings. The van der Waals surface area contributed by atoms with E-state index in [-0.39, 0.29) is 15.8 Å². The molecule has 4 N–H and O–H groups in total. The molecule has 0 aliphatic carbocycles. The summed E-state index contributed by atoms with van der Waals surface area (Å²) in [6.07, 6.45) is 2.13. The van der Waals surface area contributed by atoms with Crippen LogP contribution in [0.3, 0.4) is 0 Å². The molecule has 1 aliphatic heterocycles. The van der Waals surface area contributed by atoms with Gasteiger partial charge in [-0.15, -0.1) is 11.3 Å². The van der Waals surface area contributed by atoms with Crippen molar-refractivity contribution in [3.8, 4) is 0 Å². The van der Waals surface area contributed by atoms with Crippen molar-refractivity contribution in [1.29, 1.82) is 0 Å². The van der Waals surface area contributed by atoms with E-state index in [9.17, 15) is 9.59 Å². The van der Waals surface area contributed by atoms with Gasteiger partial charge in [0, 0.05) is 25.0 Å². The van der Waals surface area contributed by atoms with Crippen molar-refractivity contribution in [2.75, 3.05) is 18.4 Å². The van der Waals surface area contributed by atoms with Gasteiger partial charge in [0.25, 0.3) is 11.8 Å². The summed E-state index contributed by atoms with van der Waals surface area (Å²) in [7, 11) is 1.61. The third kappa shape index (κ3) is 3.98. The molecular formula is C16H19ClN6O2S2. The van der Waals surface area contributed by atoms with E-state index in [4.69, 9.17) is 29.6 Å². The molecule has 2 aromatic rings. The Labute approximate surface area is 170 Å². The number of thiophene rings is 1. The minimum atomic E-state index is -0.510. The summed E-state index contributed by atoms with van der Waals surface area (Å²) in [5.41, 5.74) is 7.20. The summed E-state index contributed by atoms with van der Waals surface area (Å²) in [5, 5.41) is 10.3. The first-order valence-electron chi connectivity index (χ1n) is 8.28. The van der Waals surface area contributed by atoms with Crippen LogP contribution >= 0.6 is 35.2 Å². The van der Waals surface area contributed by atoms with Crippen molar-refractivity contribution < 1.29 is 9.59 Å². The summed E-state index contributed by atoms with van der Waals surface area (Å²) < 4.78 is 1.36. The lowest BCUT2D eigenvalue weighted by atomic mass is 10.0. The van der Waals surface area contributed by atoms with Gasteiger partial charge in [0.1, 0.15) is 10.7 Å². The molecule has 27 heavy (non-hydrogen) atoms. The molecule has 0 saturated heterocycles. The van der Waals surface area contributed by atoms with E-state index in [1.807, 2.05) is 0 Å². The van der Waals surface area contributed by atoms with Gasteiger partial charge >= 0.3 is 0 Å². The first-order chi connectivity index (χ1) is 12.8. The number of hydrogen-bond donors (Lipinski definition) is 3. The molecule has 2 amide bonds. The maximum atomic E-state index is 12.4. The average Bonchev–Trinajstić information content (AvgIpc) is 3.12. The fraction of sp³-hybridized carbons (Fsp3) is 0.375. The number of halogens is 1. The number of primary amides is 1. The SMILES string of the molecule is CCN1CCc2c(sc(NC(=S)NC(=O)c3c(Cl)cnn3C)c2C(N)=O)C1. The van der Waals surface area contributed by atoms with Crippen LogP contribution in [0.4, 0.5) is 5.00 Å². The van der Waals surface area contributed by atoms with E-state index in [2.05, 4.69) is 27.6 Å². The number of anilines is 1. The van der Waals surface area contributed by atoms with Crippen LogP contribution in [0.1, 0.15) is 38.2 Å². The molecule has 0 radical (unpaired) electrons. The monoisotopic (exact) mass is 426 g/mol. The molecule has 0 aromatic carbocycles. The van der Waals surface area contributed by atoms with E-state index < -0.39 is 11.8 Å². The number of amides is 2. The molecule has 144 valence electrons. The zero-order valence-corrected chi connectivity index (χ0v) is 17.2. The highest BCUT2D eigenvalue weighted by Gasteiger charge is 2.27. The van der Waals surface area contributed by atoms with Crippen LogP contribution in [0.25, 0.3) is 0 Å². The average molecular weight is 427 g/mol. The second-order valence-corrected chi connectivity index (χ2v) is 7.98. The summed E-state index contributed by atoms with van der Waals surface area (Å²) in [6, 6.07) is 0. The van der Waals surface area contributed by atoms with Crippen LogP contribution in [0.15, 0.2) is 6.20 Å². The number of thiocarbonyl (C=S) groups is 1. The minimum absolute atomic E-state index is 0.0608. The molecule has 3 heterocycles. The van der Waals surface area contributed by atoms with Gasteiger partial charge in [0.2, 0.25) is 0 Å². The Balaban J connectivity index is 1.79. The number of fused-ring (bicyclic) bond motifs is 1. The molecule has 0 bridgehead atoms. The molecular weight excluding hydrogens is 408 g/mol. The van der Waals surface area contributed by atoms with Crippen LogP contribution in [0, 0.1) is 0 Å². The molecule has 0 spiro atoms. The molecule has 0 atom stereocenters. The standard InChI is InChI=1S/C16H19ClN6O2S2/c1-3-23-5-4-8-10(7-23)27-15(11(8)13(18)24)21-16(26)20-14(25)12-9(17)6-19-22(12)2/h6H,3-5,7H2,1-2H3,(H2,18,24)(H2,20,21,25,26). The largest absolute Gasteiger partial charge is 0.365 e. The number of aromatic nitrogens is 2. The van der Waals surface area contributed by atoms with Crippen molar-refractivity contribution in [2.24, 2.45) is 12.8 Å². The summed E-state index contributed by atoms with van der Waals surface area (Å²) >= 11 is 12.6. The highest BCUT2D eigenvalue weighted by atomic mass is 35.5. The number of hydrogen-bond acceptors (Lipinski definition) is 6. The number of nitrogens with zero attached hydrogens (tertiary/aromatic N) is 3. The minimum Gasteiger partial charge on any atom is -0.365 e. The zero-order valence-electron chi connectivity index (χ0n) is 14.8. The Bertz CT molecular complexity index is 903. The number of carbonyl (C=O) groups is 2. The maximum absolute atomic E-state index is 12.4. The Morgan fingerprint density at radius 2 is 2.22 bits per heavy atom. The first-order valence-corrected chi connectivity index (χ1v) is 9.88. The molecule has 8 nitrogen and oxygen atoms in total. The Kier molecular flexibility index (Phi) is 5.80. The molecule has 0 saturated carbocycles. The van der Waals surface area contributed by atoms with Crippen molar-refractivity contribution in [2.45, 2.75) is 19.9 Å². The number of likely N-dealkylation sites (N-methyl/N-ethyl adjacent to an activating group) is 1. The summed E-state index contributed by atoms with van der Waals surface area (Å²) in [5.74, 6) is -1.000. The van der Waals surface area contributed by atoms with Crippen LogP contribution in [0.2, 0.25) is 5.02 Å². The van der Waals surface area contributed by atoms with Crippen molar-refractivity contribution in [3.05, 3.63) is 32.9 Å². The van der Waals surface area contributed by atoms with Crippen LogP contribution in [-0.4, -0.2) is 44.7 Å². The topological polar surface area (TPSA) is 105 Å². The van der Waals surface area contributed by atoms with Gasteiger partial charge in [-0.1, -0.05) is 18.5 Å². The first kappa shape index (κ1) is 19.7. The van der Waals surface area contributed by atoms with Gasteiger partial charge in [-0.2, -0.15) is 5.10 Å². The highest BCUT2D eigenvalue weighted by Crippen LogP contribution is 2.36. The van der Waals surface area contributed by atoms with Crippen molar-refractivity contribution in [1.82, 2.24) is 20.0 Å². The summed E-state index contributed by atoms with van der Waals surface area (Å²) in [4.78, 5) is 27.7. The predicted molar refractivity (Wildman–Crippen MR) is 109 cm³/mol. The van der Waals surface area contributed by atoms with Gasteiger partial charge in [0.15, 0.2) is 5.11 Å². The number of nitrogens with one attached hydrogen (secondary N) is 2. The number of rotatable bonds is 4. The number of nitrogens with two attached hydrogens (primary N) is 1. The predicted octanol–water partition coefficient (Wildman–Crippen LogP) is 1.74. The zero-order chi connectivity index (χ0) is 19.7. The van der Waals surface area contributed by atoms with Gasteiger partial charge in [-0.05, 0) is 30.7 Å². The second kappa shape index (κ2) is 7.93. The van der Waals surface area contributed by atoms with Gasteiger partial charge in [0.05, 0.1) is 16.8 Å². The normalized spacial score (nSPS) is 13.9. The van der Waals surface area contributed by atoms with E-state index >= 15 is 0 Å². The molecule has 1 aliphatic rings. The molecule has 11 heteroatoms. The lowest BCUT2D eigenvalue weighted by Gasteiger charge is -2.25. The molecule has 0 unspecified atom stereocenters. The third-order valence-electron chi connectivity index (χ3n) is 4.39. The van der Waals surface area contributed by atoms with Crippen LogP contribution in [-0.2, 0) is 20.0 Å². The Morgan fingerprint density at radius 3 is 2.81 bits per heavy atom. The highest BCUT2D eigenvalue weighted by molar-refractivity contribution is 7.80. The maximum Gasteiger partial charge on any atom is 0.277 e. The fourth-order valence-corrected chi connectivity index (χ4v) is 4.85. The smallest absolute Gasteiger partial charge is 0.277 e. The van der Waals surface area contributed by atoms with Crippen molar-refractivity contribution in [3.63, 3.8) is 0 Å². The van der Waals surface area contributed by atoms with E-state index in [0.717, 1.165) is 36.5 Å². The molecule has 3 rings (SSSR count). The number of carbonyl (C=O) groups excluding carboxylic acids is 2. The van der Waals surface area contributed by atoms with Crippen molar-refractivity contribution >= 4 is 57.1 Å². The third-order valence-corrected chi connectivity index (χ3v) is 6.01. The van der Waals surface area contributed by atoms with Gasteiger partial charge in [-0.3, -0.25) is 24.5 Å². The second-order valence-electron chi connectivity index (χ2n) is 6.06. The summed E-state index contributed by atoms with van der Waals surface area (Å²) in [6.45, 7) is 4.68. The quantitative estimate of drug-likeness (QED) is 0.643. The van der Waals surface area contributed by atoms with E-state index in [1.54, 1.807) is 7.05 Å². The Morgan fingerprint density at radius 1 is 1.48 bits per heavy atom. The van der Waals surface area contributed by atoms with Crippen LogP contribution < -0.4 is 16.4 Å². The number of aryl methyl sites for hydroxylation is 1. The van der Waals surface area contributed by atoms with Crippen LogP contribution in [0.5, 0.6) is 0 Å². The fourth-order valence-electron chi connectivity index (χ4n) is 3.04. The van der Waals surface area contributed by atoms with Gasteiger partial charge < -0.3 is 11.1 Å². The lowest BCUT2D eigenvalue weighted by molar-refractivity contribution is 0.0967. The lowest BCUT2D eigenvalue weighted by Crippen LogP contribution is -2.35. The Hall–Kier alpha value is -2.01. The van der Waals surface area contributed by atoms with E-state index in [0.29, 0.717) is 10.6 Å². The van der Waals surface area contributed by atoms with Gasteiger partial charge in [-0.25, -0.2) is 0 Å².